The highest BCUT2D eigenvalue weighted by atomic mass is 35.5. The van der Waals surface area contributed by atoms with Gasteiger partial charge in [-0.25, -0.2) is 9.37 Å². The highest BCUT2D eigenvalue weighted by Gasteiger charge is 2.06. The molecule has 2 nitrogen and oxygen atoms in total. The van der Waals surface area contributed by atoms with E-state index in [0.29, 0.717) is 5.88 Å². The number of thiazole rings is 1. The lowest BCUT2D eigenvalue weighted by Crippen LogP contribution is -1.98. The fraction of sp³-hybridized carbons (Fsp3) is 0.250. The molecule has 17 heavy (non-hydrogen) atoms. The van der Waals surface area contributed by atoms with Crippen LogP contribution in [0, 0.1) is 12.7 Å². The molecule has 0 bridgehead atoms. The number of ether oxygens (including phenoxy) is 1. The molecule has 0 spiro atoms. The lowest BCUT2D eigenvalue weighted by molar-refractivity contribution is 0.286. The largest absolute Gasteiger partial charge is 0.484 e. The van der Waals surface area contributed by atoms with E-state index in [1.807, 2.05) is 12.3 Å². The van der Waals surface area contributed by atoms with Crippen LogP contribution in [-0.2, 0) is 12.5 Å². The average molecular weight is 272 g/mol. The van der Waals surface area contributed by atoms with E-state index in [-0.39, 0.29) is 12.4 Å². The Morgan fingerprint density at radius 1 is 1.47 bits per heavy atom. The summed E-state index contributed by atoms with van der Waals surface area (Å²) in [6.07, 6.45) is 0. The highest BCUT2D eigenvalue weighted by molar-refractivity contribution is 7.09. The minimum absolute atomic E-state index is 0.226. The van der Waals surface area contributed by atoms with Crippen molar-refractivity contribution in [1.82, 2.24) is 4.98 Å². The van der Waals surface area contributed by atoms with Crippen molar-refractivity contribution in [3.63, 3.8) is 0 Å². The first kappa shape index (κ1) is 12.3. The third-order valence-corrected chi connectivity index (χ3v) is 3.32. The zero-order chi connectivity index (χ0) is 12.3. The Morgan fingerprint density at radius 3 is 2.88 bits per heavy atom. The molecule has 0 atom stereocenters. The molecule has 0 amide bonds. The number of rotatable bonds is 4. The molecule has 0 radical (unpaired) electrons. The first-order valence-corrected chi connectivity index (χ1v) is 6.48. The van der Waals surface area contributed by atoms with Gasteiger partial charge in [0.1, 0.15) is 6.61 Å². The number of nitrogens with zero attached hydrogens (tertiary/aromatic N) is 1. The molecule has 0 aliphatic rings. The number of hydrogen-bond acceptors (Lipinski definition) is 3. The molecule has 0 fully saturated rings. The Kier molecular flexibility index (Phi) is 3.97. The Bertz CT molecular complexity index is 515. The van der Waals surface area contributed by atoms with Crippen LogP contribution >= 0.6 is 22.9 Å². The number of hydrogen-bond donors (Lipinski definition) is 0. The van der Waals surface area contributed by atoms with Crippen LogP contribution in [-0.4, -0.2) is 4.98 Å². The van der Waals surface area contributed by atoms with Crippen molar-refractivity contribution in [2.75, 3.05) is 0 Å². The number of aromatic nitrogens is 1. The van der Waals surface area contributed by atoms with Crippen molar-refractivity contribution in [3.05, 3.63) is 45.7 Å². The number of benzene rings is 1. The Labute approximate surface area is 108 Å². The van der Waals surface area contributed by atoms with Gasteiger partial charge in [-0.15, -0.1) is 22.9 Å². The molecule has 0 unspecified atom stereocenters. The summed E-state index contributed by atoms with van der Waals surface area (Å²) in [5, 5.41) is 2.88. The maximum Gasteiger partial charge on any atom is 0.165 e. The normalized spacial score (nSPS) is 10.5. The summed E-state index contributed by atoms with van der Waals surface area (Å²) in [5.74, 6) is 0.127. The molecule has 2 aromatic rings. The molecule has 0 N–H and O–H groups in total. The van der Waals surface area contributed by atoms with Crippen LogP contribution in [0.25, 0.3) is 0 Å². The molecule has 0 saturated heterocycles. The van der Waals surface area contributed by atoms with E-state index in [2.05, 4.69) is 4.98 Å². The van der Waals surface area contributed by atoms with Gasteiger partial charge in [-0.1, -0.05) is 6.07 Å². The molecular weight excluding hydrogens is 261 g/mol. The van der Waals surface area contributed by atoms with Crippen molar-refractivity contribution in [2.24, 2.45) is 0 Å². The summed E-state index contributed by atoms with van der Waals surface area (Å²) in [4.78, 5) is 4.24. The lowest BCUT2D eigenvalue weighted by atomic mass is 10.2. The van der Waals surface area contributed by atoms with Crippen molar-refractivity contribution in [2.45, 2.75) is 19.4 Å². The average Bonchev–Trinajstić information content (AvgIpc) is 2.73. The molecule has 0 aliphatic heterocycles. The summed E-state index contributed by atoms with van der Waals surface area (Å²) < 4.78 is 18.9. The zero-order valence-corrected chi connectivity index (χ0v) is 10.8. The smallest absolute Gasteiger partial charge is 0.165 e. The van der Waals surface area contributed by atoms with Gasteiger partial charge in [-0.2, -0.15) is 0 Å². The van der Waals surface area contributed by atoms with Crippen LogP contribution in [0.3, 0.4) is 0 Å². The summed E-state index contributed by atoms with van der Waals surface area (Å²) >= 11 is 7.16. The molecule has 0 saturated carbocycles. The minimum Gasteiger partial charge on any atom is -0.484 e. The maximum atomic E-state index is 13.5. The summed E-state index contributed by atoms with van der Waals surface area (Å²) in [7, 11) is 0. The molecule has 1 heterocycles. The monoisotopic (exact) mass is 271 g/mol. The summed E-state index contributed by atoms with van der Waals surface area (Å²) in [6.45, 7) is 2.20. The van der Waals surface area contributed by atoms with Crippen molar-refractivity contribution >= 4 is 22.9 Å². The predicted molar refractivity (Wildman–Crippen MR) is 67.1 cm³/mol. The second-order valence-corrected chi connectivity index (χ2v) is 4.87. The second-order valence-electron chi connectivity index (χ2n) is 3.54. The maximum absolute atomic E-state index is 13.5. The lowest BCUT2D eigenvalue weighted by Gasteiger charge is -2.06. The zero-order valence-electron chi connectivity index (χ0n) is 9.24. The van der Waals surface area contributed by atoms with Gasteiger partial charge in [0.15, 0.2) is 11.6 Å². The number of alkyl halides is 1. The van der Waals surface area contributed by atoms with E-state index in [4.69, 9.17) is 16.3 Å². The van der Waals surface area contributed by atoms with Gasteiger partial charge < -0.3 is 4.74 Å². The van der Waals surface area contributed by atoms with E-state index < -0.39 is 5.82 Å². The van der Waals surface area contributed by atoms with E-state index in [1.165, 1.54) is 6.07 Å². The third-order valence-electron chi connectivity index (χ3n) is 2.19. The van der Waals surface area contributed by atoms with Crippen LogP contribution in [0.2, 0.25) is 0 Å². The van der Waals surface area contributed by atoms with Gasteiger partial charge in [0, 0.05) is 11.3 Å². The number of halogens is 2. The fourth-order valence-corrected chi connectivity index (χ4v) is 2.13. The molecule has 5 heteroatoms. The van der Waals surface area contributed by atoms with Crippen LogP contribution in [0.1, 0.15) is 16.3 Å². The quantitative estimate of drug-likeness (QED) is 0.787. The first-order valence-electron chi connectivity index (χ1n) is 5.07. The van der Waals surface area contributed by atoms with Gasteiger partial charge in [0.2, 0.25) is 0 Å². The topological polar surface area (TPSA) is 22.1 Å². The molecule has 0 aliphatic carbocycles. The molecular formula is C12H11ClFNOS. The van der Waals surface area contributed by atoms with Gasteiger partial charge in [-0.3, -0.25) is 0 Å². The van der Waals surface area contributed by atoms with Crippen molar-refractivity contribution < 1.29 is 9.13 Å². The molecule has 2 rings (SSSR count). The first-order chi connectivity index (χ1) is 8.19. The third kappa shape index (κ3) is 3.17. The molecule has 1 aromatic carbocycles. The minimum atomic E-state index is -0.393. The van der Waals surface area contributed by atoms with Crippen LogP contribution in [0.4, 0.5) is 4.39 Å². The summed E-state index contributed by atoms with van der Waals surface area (Å²) in [5.41, 5.74) is 1.55. The SMILES string of the molecule is Cc1nc(COc2ccc(CCl)cc2F)cs1. The fourth-order valence-electron chi connectivity index (χ4n) is 1.37. The van der Waals surface area contributed by atoms with Crippen molar-refractivity contribution in [3.8, 4) is 5.75 Å². The van der Waals surface area contributed by atoms with E-state index >= 15 is 0 Å². The molecule has 1 aromatic heterocycles. The van der Waals surface area contributed by atoms with Crippen LogP contribution in [0.15, 0.2) is 23.6 Å². The van der Waals surface area contributed by atoms with Gasteiger partial charge in [0.05, 0.1) is 10.7 Å². The Morgan fingerprint density at radius 2 is 2.29 bits per heavy atom. The standard InChI is InChI=1S/C12H11ClFNOS/c1-8-15-10(7-17-8)6-16-12-3-2-9(5-13)4-11(12)14/h2-4,7H,5-6H2,1H3. The number of aryl methyl sites for hydroxylation is 1. The molecule has 90 valence electrons. The summed E-state index contributed by atoms with van der Waals surface area (Å²) in [6, 6.07) is 4.72. The van der Waals surface area contributed by atoms with Crippen LogP contribution < -0.4 is 4.74 Å². The second kappa shape index (κ2) is 5.47. The van der Waals surface area contributed by atoms with Gasteiger partial charge >= 0.3 is 0 Å². The van der Waals surface area contributed by atoms with E-state index in [1.54, 1.807) is 23.5 Å². The highest BCUT2D eigenvalue weighted by Crippen LogP contribution is 2.20. The van der Waals surface area contributed by atoms with Gasteiger partial charge in [0.25, 0.3) is 0 Å². The van der Waals surface area contributed by atoms with Crippen LogP contribution in [0.5, 0.6) is 5.75 Å². The Hall–Kier alpha value is -1.13. The van der Waals surface area contributed by atoms with Crippen molar-refractivity contribution in [1.29, 1.82) is 0 Å². The van der Waals surface area contributed by atoms with E-state index in [0.717, 1.165) is 16.3 Å². The van der Waals surface area contributed by atoms with Gasteiger partial charge in [-0.05, 0) is 24.6 Å². The Balaban J connectivity index is 2.04. The van der Waals surface area contributed by atoms with E-state index in [9.17, 15) is 4.39 Å². The predicted octanol–water partition coefficient (Wildman–Crippen LogP) is 3.91.